The number of nitrogens with one attached hydrogen (secondary N) is 1. The van der Waals surface area contributed by atoms with Gasteiger partial charge in [0.1, 0.15) is 0 Å². The highest BCUT2D eigenvalue weighted by Crippen LogP contribution is 2.28. The van der Waals surface area contributed by atoms with Crippen LogP contribution in [0.2, 0.25) is 0 Å². The zero-order valence-electron chi connectivity index (χ0n) is 22.3. The minimum Gasteiger partial charge on any atom is -0.316 e. The van der Waals surface area contributed by atoms with Gasteiger partial charge in [0.15, 0.2) is 0 Å². The fourth-order valence-corrected chi connectivity index (χ4v) is 5.96. The lowest BCUT2D eigenvalue weighted by Crippen LogP contribution is -2.19. The molecule has 2 unspecified atom stereocenters. The minimum absolute atomic E-state index is 0. The molecule has 6 rings (SSSR count). The Kier molecular flexibility index (Phi) is 14.7. The van der Waals surface area contributed by atoms with Crippen LogP contribution >= 0.6 is 47.8 Å². The summed E-state index contributed by atoms with van der Waals surface area (Å²) in [5, 5.41) is 4.30. The lowest BCUT2D eigenvalue weighted by atomic mass is 9.99. The van der Waals surface area contributed by atoms with Crippen LogP contribution < -0.4 is 5.32 Å². The van der Waals surface area contributed by atoms with Crippen LogP contribution in [0, 0.1) is 0 Å². The first-order valence-electron chi connectivity index (χ1n) is 13.7. The van der Waals surface area contributed by atoms with Gasteiger partial charge in [-0.1, -0.05) is 140 Å². The van der Waals surface area contributed by atoms with Gasteiger partial charge in [0.2, 0.25) is 0 Å². The van der Waals surface area contributed by atoms with Crippen LogP contribution in [0.3, 0.4) is 0 Å². The van der Waals surface area contributed by atoms with E-state index in [0.717, 1.165) is 33.3 Å². The van der Waals surface area contributed by atoms with Crippen molar-refractivity contribution in [3.05, 3.63) is 140 Å². The van der Waals surface area contributed by atoms with Gasteiger partial charge in [-0.3, -0.25) is 4.90 Å². The van der Waals surface area contributed by atoms with Gasteiger partial charge in [-0.05, 0) is 84.3 Å². The molecule has 4 aromatic rings. The van der Waals surface area contributed by atoms with E-state index in [1.54, 1.807) is 0 Å². The highest BCUT2D eigenvalue weighted by molar-refractivity contribution is 9.10. The fourth-order valence-electron chi connectivity index (χ4n) is 5.06. The van der Waals surface area contributed by atoms with Gasteiger partial charge in [-0.25, -0.2) is 0 Å². The maximum absolute atomic E-state index is 3.48. The second-order valence-electron chi connectivity index (χ2n) is 10.1. The van der Waals surface area contributed by atoms with E-state index >= 15 is 0 Å². The molecule has 2 atom stereocenters. The summed E-state index contributed by atoms with van der Waals surface area (Å²) in [4.78, 5) is 2.56. The number of hydrogen-bond donors (Lipinski definition) is 1. The zero-order chi connectivity index (χ0) is 27.3. The van der Waals surface area contributed by atoms with Crippen LogP contribution in [0.4, 0.5) is 0 Å². The van der Waals surface area contributed by atoms with Crippen molar-refractivity contribution in [2.45, 2.75) is 44.0 Å². The van der Waals surface area contributed by atoms with Gasteiger partial charge in [0.25, 0.3) is 0 Å². The van der Waals surface area contributed by atoms with Crippen LogP contribution in [-0.2, 0) is 11.9 Å². The summed E-state index contributed by atoms with van der Waals surface area (Å²) in [5.41, 5.74) is 5.67. The molecule has 0 amide bonds. The van der Waals surface area contributed by atoms with E-state index in [1.807, 2.05) is 12.1 Å². The van der Waals surface area contributed by atoms with Gasteiger partial charge >= 0.3 is 0 Å². The third kappa shape index (κ3) is 10.9. The number of likely N-dealkylation sites (tertiary alicyclic amines) is 1. The van der Waals surface area contributed by atoms with Crippen LogP contribution in [-0.4, -0.2) is 31.1 Å². The molecule has 2 fully saturated rings. The molecule has 2 nitrogen and oxygen atoms in total. The van der Waals surface area contributed by atoms with Crippen molar-refractivity contribution in [3.8, 4) is 0 Å². The Hall–Kier alpha value is -1.76. The summed E-state index contributed by atoms with van der Waals surface area (Å²) in [6.07, 6.45) is 2.57. The van der Waals surface area contributed by atoms with Crippen LogP contribution in [0.25, 0.3) is 0 Å². The molecule has 0 saturated carbocycles. The maximum atomic E-state index is 3.48. The lowest BCUT2D eigenvalue weighted by Gasteiger charge is -2.16. The molecule has 4 aromatic carbocycles. The van der Waals surface area contributed by atoms with Gasteiger partial charge in [0, 0.05) is 33.9 Å². The van der Waals surface area contributed by atoms with E-state index in [-0.39, 0.29) is 7.43 Å². The van der Waals surface area contributed by atoms with E-state index < -0.39 is 0 Å². The average Bonchev–Trinajstić information content (AvgIpc) is 3.70. The van der Waals surface area contributed by atoms with Crippen molar-refractivity contribution in [2.24, 2.45) is 0 Å². The summed E-state index contributed by atoms with van der Waals surface area (Å²) in [6.45, 7) is 5.79. The normalized spacial score (nSPS) is 18.1. The van der Waals surface area contributed by atoms with Crippen molar-refractivity contribution in [3.63, 3.8) is 0 Å². The third-order valence-electron chi connectivity index (χ3n) is 7.26. The smallest absolute Gasteiger partial charge is 0.0283 e. The molecule has 0 bridgehead atoms. The molecule has 0 spiro atoms. The molecular formula is C35H41Br3N2. The molecule has 40 heavy (non-hydrogen) atoms. The van der Waals surface area contributed by atoms with E-state index in [9.17, 15) is 0 Å². The first kappa shape index (κ1) is 32.8. The first-order chi connectivity index (χ1) is 19.1. The molecular weight excluding hydrogens is 688 g/mol. The second-order valence-corrected chi connectivity index (χ2v) is 12.5. The summed E-state index contributed by atoms with van der Waals surface area (Å²) in [7, 11) is 0. The topological polar surface area (TPSA) is 15.3 Å². The highest BCUT2D eigenvalue weighted by Gasteiger charge is 2.23. The van der Waals surface area contributed by atoms with E-state index in [1.165, 1.54) is 54.7 Å². The monoisotopic (exact) mass is 726 g/mol. The van der Waals surface area contributed by atoms with Crippen molar-refractivity contribution in [1.29, 1.82) is 0 Å². The molecule has 0 aromatic heterocycles. The van der Waals surface area contributed by atoms with Crippen molar-refractivity contribution >= 4 is 47.8 Å². The Balaban J connectivity index is 0.000000179. The number of halogens is 3. The predicted octanol–water partition coefficient (Wildman–Crippen LogP) is 10.2. The average molecular weight is 729 g/mol. The highest BCUT2D eigenvalue weighted by atomic mass is 79.9. The standard InChI is InChI=1S/C17H18BrN.C10H13N.C7H6Br2.CH4/c18-17-8-6-14(7-9-17)12-19-11-10-16(13-19)15-4-2-1-3-5-15;1-2-4-9(5-3-1)10-6-7-11-8-10;8-5-6-1-3-7(9)4-2-6;/h1-9,16H,10-13H2;1-5,10-11H,6-8H2;1-4H,5H2;1H4. The molecule has 5 heteroatoms. The molecule has 2 saturated heterocycles. The second kappa shape index (κ2) is 17.9. The van der Waals surface area contributed by atoms with Crippen LogP contribution in [0.15, 0.2) is 118 Å². The van der Waals surface area contributed by atoms with Gasteiger partial charge in [-0.2, -0.15) is 0 Å². The van der Waals surface area contributed by atoms with Gasteiger partial charge in [-0.15, -0.1) is 0 Å². The summed E-state index contributed by atoms with van der Waals surface area (Å²) in [5.74, 6) is 1.47. The van der Waals surface area contributed by atoms with Crippen LogP contribution in [0.1, 0.15) is 54.4 Å². The number of rotatable bonds is 5. The minimum atomic E-state index is 0. The van der Waals surface area contributed by atoms with Crippen molar-refractivity contribution < 1.29 is 0 Å². The summed E-state index contributed by atoms with van der Waals surface area (Å²) >= 11 is 10.2. The summed E-state index contributed by atoms with van der Waals surface area (Å²) in [6, 6.07) is 38.6. The van der Waals surface area contributed by atoms with Crippen LogP contribution in [0.5, 0.6) is 0 Å². The molecule has 2 heterocycles. The largest absolute Gasteiger partial charge is 0.316 e. The van der Waals surface area contributed by atoms with Gasteiger partial charge in [0.05, 0.1) is 0 Å². The molecule has 2 aliphatic heterocycles. The lowest BCUT2D eigenvalue weighted by molar-refractivity contribution is 0.327. The Labute approximate surface area is 267 Å². The predicted molar refractivity (Wildman–Crippen MR) is 183 cm³/mol. The first-order valence-corrected chi connectivity index (χ1v) is 16.4. The van der Waals surface area contributed by atoms with E-state index in [0.29, 0.717) is 5.92 Å². The molecule has 0 aliphatic carbocycles. The summed E-state index contributed by atoms with van der Waals surface area (Å²) < 4.78 is 2.28. The molecule has 2 aliphatic rings. The Morgan fingerprint density at radius 2 is 1.18 bits per heavy atom. The Morgan fingerprint density at radius 3 is 1.68 bits per heavy atom. The SMILES string of the molecule is BrCc1ccc(Br)cc1.Brc1ccc(CN2CCC(c3ccccc3)C2)cc1.C.c1ccc(C2CCNC2)cc1. The number of hydrogen-bond acceptors (Lipinski definition) is 2. The van der Waals surface area contributed by atoms with Crippen molar-refractivity contribution in [1.82, 2.24) is 10.2 Å². The van der Waals surface area contributed by atoms with Crippen molar-refractivity contribution in [2.75, 3.05) is 26.2 Å². The molecule has 212 valence electrons. The number of nitrogens with zero attached hydrogens (tertiary/aromatic N) is 1. The fraction of sp³-hybridized carbons (Fsp3) is 0.314. The van der Waals surface area contributed by atoms with E-state index in [4.69, 9.17) is 0 Å². The molecule has 0 radical (unpaired) electrons. The van der Waals surface area contributed by atoms with Gasteiger partial charge < -0.3 is 5.32 Å². The Morgan fingerprint density at radius 1 is 0.650 bits per heavy atom. The quantitative estimate of drug-likeness (QED) is 0.206. The maximum Gasteiger partial charge on any atom is 0.0283 e. The third-order valence-corrected chi connectivity index (χ3v) is 8.97. The molecule has 1 N–H and O–H groups in total. The number of alkyl halides is 1. The van der Waals surface area contributed by atoms with E-state index in [2.05, 4.69) is 155 Å². The number of benzene rings is 4. The Bertz CT molecular complexity index is 1210. The zero-order valence-corrected chi connectivity index (χ0v) is 27.0.